The lowest BCUT2D eigenvalue weighted by atomic mass is 9.55. The van der Waals surface area contributed by atoms with Crippen LogP contribution in [0.4, 0.5) is 0 Å². The van der Waals surface area contributed by atoms with Crippen LogP contribution >= 0.6 is 0 Å². The molecule has 1 saturated carbocycles. The van der Waals surface area contributed by atoms with Gasteiger partial charge in [0.2, 0.25) is 0 Å². The van der Waals surface area contributed by atoms with E-state index in [0.29, 0.717) is 6.61 Å². The third kappa shape index (κ3) is 4.28. The van der Waals surface area contributed by atoms with Gasteiger partial charge in [-0.25, -0.2) is 0 Å². The molecule has 2 heterocycles. The molecule has 4 aliphatic rings. The minimum Gasteiger partial charge on any atom is -0.494 e. The first-order chi connectivity index (χ1) is 15.2. The monoisotopic (exact) mass is 426 g/mol. The summed E-state index contributed by atoms with van der Waals surface area (Å²) < 4.78 is 6.15. The first-order valence-corrected chi connectivity index (χ1v) is 13.0. The minimum absolute atomic E-state index is 0.290. The number of aliphatic hydroxyl groups excluding tert-OH is 1. The van der Waals surface area contributed by atoms with Gasteiger partial charge in [0, 0.05) is 18.6 Å². The SMILES string of the molecule is C[C@]12CC[C@@H]3c4ccc(OCCCN5CCCC5)cc4CC[C@H]3[C@@H]1CCCN2CCO. The van der Waals surface area contributed by atoms with E-state index in [1.54, 1.807) is 11.1 Å². The number of ether oxygens (including phenoxy) is 1. The zero-order chi connectivity index (χ0) is 21.3. The molecule has 0 spiro atoms. The average Bonchev–Trinajstić information content (AvgIpc) is 3.30. The standard InChI is InChI=1S/C27H42N2O2/c1-27-12-11-24-23-10-8-22(31-19-5-15-28-13-2-3-14-28)20-21(23)7-9-25(24)26(27)6-4-16-29(27)17-18-30/h8,10,20,24-26,30H,2-7,9,11-19H2,1H3/t24-,25-,26+,27+/m1/s1. The molecule has 3 fully saturated rings. The summed E-state index contributed by atoms with van der Waals surface area (Å²) in [7, 11) is 0. The van der Waals surface area contributed by atoms with Gasteiger partial charge in [-0.2, -0.15) is 0 Å². The van der Waals surface area contributed by atoms with Crippen molar-refractivity contribution in [3.8, 4) is 5.75 Å². The van der Waals surface area contributed by atoms with Crippen molar-refractivity contribution in [1.82, 2.24) is 9.80 Å². The van der Waals surface area contributed by atoms with E-state index in [1.807, 2.05) is 0 Å². The van der Waals surface area contributed by atoms with Gasteiger partial charge < -0.3 is 14.7 Å². The number of hydrogen-bond acceptors (Lipinski definition) is 4. The van der Waals surface area contributed by atoms with Crippen molar-refractivity contribution in [3.05, 3.63) is 29.3 Å². The van der Waals surface area contributed by atoms with Gasteiger partial charge in [-0.05, 0) is 125 Å². The molecule has 0 radical (unpaired) electrons. The molecule has 0 unspecified atom stereocenters. The van der Waals surface area contributed by atoms with Crippen molar-refractivity contribution < 1.29 is 9.84 Å². The second-order valence-electron chi connectivity index (χ2n) is 10.8. The number of nitrogens with zero attached hydrogens (tertiary/aromatic N) is 2. The third-order valence-electron chi connectivity index (χ3n) is 9.18. The minimum atomic E-state index is 0.290. The summed E-state index contributed by atoms with van der Waals surface area (Å²) in [5.74, 6) is 3.38. The van der Waals surface area contributed by atoms with Gasteiger partial charge in [-0.1, -0.05) is 6.07 Å². The van der Waals surface area contributed by atoms with Gasteiger partial charge in [-0.3, -0.25) is 4.90 Å². The maximum absolute atomic E-state index is 9.59. The number of aliphatic hydroxyl groups is 1. The highest BCUT2D eigenvalue weighted by Gasteiger charge is 2.51. The predicted molar refractivity (Wildman–Crippen MR) is 126 cm³/mol. The molecule has 0 bridgehead atoms. The van der Waals surface area contributed by atoms with Crippen LogP contribution in [0.5, 0.6) is 5.75 Å². The lowest BCUT2D eigenvalue weighted by Gasteiger charge is -2.59. The second kappa shape index (κ2) is 9.41. The number of fused-ring (bicyclic) bond motifs is 5. The summed E-state index contributed by atoms with van der Waals surface area (Å²) in [5.41, 5.74) is 3.45. The Hall–Kier alpha value is -1.10. The lowest BCUT2D eigenvalue weighted by molar-refractivity contribution is -0.0662. The van der Waals surface area contributed by atoms with Crippen molar-refractivity contribution >= 4 is 0 Å². The Morgan fingerprint density at radius 2 is 1.94 bits per heavy atom. The fraction of sp³-hybridized carbons (Fsp3) is 0.778. The molecule has 2 saturated heterocycles. The van der Waals surface area contributed by atoms with Crippen molar-refractivity contribution in [2.45, 2.75) is 76.2 Å². The number of benzene rings is 1. The van der Waals surface area contributed by atoms with Crippen LogP contribution < -0.4 is 4.74 Å². The lowest BCUT2D eigenvalue weighted by Crippen LogP contribution is -2.61. The number of piperidine rings is 1. The van der Waals surface area contributed by atoms with Crippen LogP contribution in [-0.4, -0.2) is 66.4 Å². The predicted octanol–water partition coefficient (Wildman–Crippen LogP) is 4.45. The van der Waals surface area contributed by atoms with Gasteiger partial charge in [-0.15, -0.1) is 0 Å². The van der Waals surface area contributed by atoms with Crippen LogP contribution in [0.2, 0.25) is 0 Å². The Labute approximate surface area is 188 Å². The fourth-order valence-electron chi connectivity index (χ4n) is 7.60. The average molecular weight is 427 g/mol. The fourth-order valence-corrected chi connectivity index (χ4v) is 7.60. The molecule has 172 valence electrons. The van der Waals surface area contributed by atoms with E-state index < -0.39 is 0 Å². The largest absolute Gasteiger partial charge is 0.494 e. The van der Waals surface area contributed by atoms with E-state index >= 15 is 0 Å². The number of rotatable bonds is 7. The summed E-state index contributed by atoms with van der Waals surface area (Å²) in [6.07, 6.45) is 11.6. The van der Waals surface area contributed by atoms with E-state index in [1.165, 1.54) is 77.5 Å². The van der Waals surface area contributed by atoms with Crippen LogP contribution in [0.1, 0.15) is 75.3 Å². The van der Waals surface area contributed by atoms with Gasteiger partial charge in [0.1, 0.15) is 5.75 Å². The molecule has 4 heteroatoms. The smallest absolute Gasteiger partial charge is 0.119 e. The van der Waals surface area contributed by atoms with E-state index in [-0.39, 0.29) is 5.54 Å². The van der Waals surface area contributed by atoms with Gasteiger partial charge in [0.25, 0.3) is 0 Å². The van der Waals surface area contributed by atoms with Crippen LogP contribution in [0, 0.1) is 11.8 Å². The Morgan fingerprint density at radius 3 is 2.77 bits per heavy atom. The highest BCUT2D eigenvalue weighted by molar-refractivity contribution is 5.40. The quantitative estimate of drug-likeness (QED) is 0.653. The summed E-state index contributed by atoms with van der Waals surface area (Å²) in [4.78, 5) is 5.19. The summed E-state index contributed by atoms with van der Waals surface area (Å²) in [6.45, 7) is 9.37. The Balaban J connectivity index is 1.23. The topological polar surface area (TPSA) is 35.9 Å². The number of aryl methyl sites for hydroxylation is 1. The van der Waals surface area contributed by atoms with Gasteiger partial charge in [0.15, 0.2) is 0 Å². The van der Waals surface area contributed by atoms with E-state index in [0.717, 1.165) is 43.1 Å². The molecular formula is C27H42N2O2. The van der Waals surface area contributed by atoms with Crippen LogP contribution in [0.15, 0.2) is 18.2 Å². The highest BCUT2D eigenvalue weighted by atomic mass is 16.5. The molecule has 1 aromatic carbocycles. The van der Waals surface area contributed by atoms with E-state index in [9.17, 15) is 5.11 Å². The van der Waals surface area contributed by atoms with Crippen LogP contribution in [0.25, 0.3) is 0 Å². The molecule has 4 nitrogen and oxygen atoms in total. The van der Waals surface area contributed by atoms with E-state index in [2.05, 4.69) is 34.9 Å². The molecule has 31 heavy (non-hydrogen) atoms. The zero-order valence-electron chi connectivity index (χ0n) is 19.5. The summed E-state index contributed by atoms with van der Waals surface area (Å²) >= 11 is 0. The first-order valence-electron chi connectivity index (χ1n) is 13.0. The molecule has 2 aliphatic heterocycles. The molecule has 5 rings (SSSR count). The Bertz CT molecular complexity index is 745. The van der Waals surface area contributed by atoms with Gasteiger partial charge >= 0.3 is 0 Å². The molecule has 1 aromatic rings. The van der Waals surface area contributed by atoms with Crippen molar-refractivity contribution in [3.63, 3.8) is 0 Å². The Kier molecular flexibility index (Phi) is 6.59. The van der Waals surface area contributed by atoms with Crippen LogP contribution in [-0.2, 0) is 6.42 Å². The molecule has 0 aromatic heterocycles. The number of hydrogen-bond donors (Lipinski definition) is 1. The zero-order valence-corrected chi connectivity index (χ0v) is 19.5. The third-order valence-corrected chi connectivity index (χ3v) is 9.18. The summed E-state index contributed by atoms with van der Waals surface area (Å²) in [6, 6.07) is 7.00. The van der Waals surface area contributed by atoms with Gasteiger partial charge in [0.05, 0.1) is 13.2 Å². The van der Waals surface area contributed by atoms with Crippen molar-refractivity contribution in [2.24, 2.45) is 11.8 Å². The highest BCUT2D eigenvalue weighted by Crippen LogP contribution is 2.55. The number of β-amino-alcohol motifs (C(OH)–C–C–N with tert-alkyl or cyclic N) is 1. The van der Waals surface area contributed by atoms with E-state index in [4.69, 9.17) is 4.74 Å². The summed E-state index contributed by atoms with van der Waals surface area (Å²) in [5, 5.41) is 9.59. The maximum Gasteiger partial charge on any atom is 0.119 e. The second-order valence-corrected chi connectivity index (χ2v) is 10.8. The van der Waals surface area contributed by atoms with Crippen molar-refractivity contribution in [1.29, 1.82) is 0 Å². The Morgan fingerprint density at radius 1 is 1.06 bits per heavy atom. The molecule has 1 N–H and O–H groups in total. The molecular weight excluding hydrogens is 384 g/mol. The maximum atomic E-state index is 9.59. The number of likely N-dealkylation sites (tertiary alicyclic amines) is 2. The van der Waals surface area contributed by atoms with Crippen molar-refractivity contribution in [2.75, 3.05) is 45.9 Å². The first kappa shape index (κ1) is 21.7. The molecule has 0 amide bonds. The normalized spacial score (nSPS) is 33.5. The van der Waals surface area contributed by atoms with Crippen LogP contribution in [0.3, 0.4) is 0 Å². The molecule has 4 atom stereocenters. The molecule has 2 aliphatic carbocycles.